The van der Waals surface area contributed by atoms with Gasteiger partial charge in [-0.3, -0.25) is 4.79 Å². The van der Waals surface area contributed by atoms with Crippen LogP contribution >= 0.6 is 0 Å². The van der Waals surface area contributed by atoms with E-state index < -0.39 is 11.9 Å². The molecule has 20 heavy (non-hydrogen) atoms. The van der Waals surface area contributed by atoms with Crippen molar-refractivity contribution >= 4 is 5.97 Å². The maximum absolute atomic E-state index is 11.0. The van der Waals surface area contributed by atoms with Gasteiger partial charge in [0.2, 0.25) is 0 Å². The molecule has 0 amide bonds. The van der Waals surface area contributed by atoms with Gasteiger partial charge in [-0.2, -0.15) is 0 Å². The topological polar surface area (TPSA) is 80.9 Å². The van der Waals surface area contributed by atoms with Crippen LogP contribution in [0.15, 0.2) is 12.4 Å². The molecule has 0 aliphatic heterocycles. The van der Waals surface area contributed by atoms with E-state index in [9.17, 15) is 4.79 Å². The second-order valence-electron chi connectivity index (χ2n) is 5.00. The van der Waals surface area contributed by atoms with Crippen LogP contribution in [-0.4, -0.2) is 30.6 Å². The number of nitrogens with zero attached hydrogens (tertiary/aromatic N) is 4. The van der Waals surface area contributed by atoms with E-state index in [1.165, 1.54) is 0 Å². The third-order valence-electron chi connectivity index (χ3n) is 3.37. The van der Waals surface area contributed by atoms with Crippen LogP contribution < -0.4 is 0 Å². The van der Waals surface area contributed by atoms with Crippen LogP contribution in [0.5, 0.6) is 0 Å². The van der Waals surface area contributed by atoms with Crippen molar-refractivity contribution < 1.29 is 9.90 Å². The Kier molecular flexibility index (Phi) is 3.83. The first-order valence-electron chi connectivity index (χ1n) is 6.44. The minimum absolute atomic E-state index is 0.438. The third-order valence-corrected chi connectivity index (χ3v) is 3.37. The van der Waals surface area contributed by atoms with E-state index in [4.69, 9.17) is 5.11 Å². The van der Waals surface area contributed by atoms with Crippen LogP contribution in [0.3, 0.4) is 0 Å². The number of hydrogen-bond acceptors (Lipinski definition) is 4. The summed E-state index contributed by atoms with van der Waals surface area (Å²) in [5, 5.41) is 9.01. The SMILES string of the molecule is Cc1nc(-c2nccn2C)nc(C)c1CC(C)C(=O)O. The van der Waals surface area contributed by atoms with Gasteiger partial charge in [-0.25, -0.2) is 15.0 Å². The zero-order valence-corrected chi connectivity index (χ0v) is 12.1. The first kappa shape index (κ1) is 14.2. The third kappa shape index (κ3) is 2.68. The smallest absolute Gasteiger partial charge is 0.306 e. The molecule has 0 spiro atoms. The monoisotopic (exact) mass is 274 g/mol. The predicted molar refractivity (Wildman–Crippen MR) is 74.2 cm³/mol. The van der Waals surface area contributed by atoms with Crippen LogP contribution in [-0.2, 0) is 18.3 Å². The molecule has 0 saturated heterocycles. The molecule has 106 valence electrons. The van der Waals surface area contributed by atoms with E-state index in [0.717, 1.165) is 17.0 Å². The fourth-order valence-electron chi connectivity index (χ4n) is 2.11. The molecular weight excluding hydrogens is 256 g/mol. The second-order valence-corrected chi connectivity index (χ2v) is 5.00. The molecule has 6 nitrogen and oxygen atoms in total. The Labute approximate surface area is 117 Å². The average Bonchev–Trinajstić information content (AvgIpc) is 2.79. The average molecular weight is 274 g/mol. The van der Waals surface area contributed by atoms with Crippen molar-refractivity contribution in [3.63, 3.8) is 0 Å². The van der Waals surface area contributed by atoms with E-state index in [-0.39, 0.29) is 0 Å². The lowest BCUT2D eigenvalue weighted by molar-refractivity contribution is -0.141. The normalized spacial score (nSPS) is 12.4. The Morgan fingerprint density at radius 3 is 2.40 bits per heavy atom. The zero-order chi connectivity index (χ0) is 14.9. The van der Waals surface area contributed by atoms with E-state index in [0.29, 0.717) is 18.1 Å². The molecule has 0 aromatic carbocycles. The lowest BCUT2D eigenvalue weighted by atomic mass is 9.99. The first-order chi connectivity index (χ1) is 9.40. The van der Waals surface area contributed by atoms with E-state index in [1.54, 1.807) is 13.1 Å². The first-order valence-corrected chi connectivity index (χ1v) is 6.44. The number of rotatable bonds is 4. The van der Waals surface area contributed by atoms with Gasteiger partial charge in [0.25, 0.3) is 0 Å². The van der Waals surface area contributed by atoms with Gasteiger partial charge >= 0.3 is 5.97 Å². The lowest BCUT2D eigenvalue weighted by Crippen LogP contribution is -2.15. The van der Waals surface area contributed by atoms with Gasteiger partial charge in [0.1, 0.15) is 0 Å². The Morgan fingerprint density at radius 2 is 1.95 bits per heavy atom. The van der Waals surface area contributed by atoms with Gasteiger partial charge in [0.05, 0.1) is 5.92 Å². The molecule has 0 bridgehead atoms. The summed E-state index contributed by atoms with van der Waals surface area (Å²) in [5.74, 6) is 0.0141. The number of aliphatic carboxylic acids is 1. The highest BCUT2D eigenvalue weighted by Crippen LogP contribution is 2.19. The number of carboxylic acid groups (broad SMARTS) is 1. The number of aromatic nitrogens is 4. The fraction of sp³-hybridized carbons (Fsp3) is 0.429. The molecule has 0 aliphatic carbocycles. The molecule has 0 aliphatic rings. The van der Waals surface area contributed by atoms with Crippen molar-refractivity contribution in [2.45, 2.75) is 27.2 Å². The van der Waals surface area contributed by atoms with Crippen molar-refractivity contribution in [2.75, 3.05) is 0 Å². The molecule has 2 aromatic rings. The summed E-state index contributed by atoms with van der Waals surface area (Å²) in [5.41, 5.74) is 2.52. The predicted octanol–water partition coefficient (Wildman–Crippen LogP) is 1.76. The molecule has 0 radical (unpaired) electrons. The van der Waals surface area contributed by atoms with Gasteiger partial charge in [-0.15, -0.1) is 0 Å². The number of carboxylic acids is 1. The second kappa shape index (κ2) is 5.40. The van der Waals surface area contributed by atoms with Gasteiger partial charge in [0, 0.05) is 30.8 Å². The number of carbonyl (C=O) groups is 1. The van der Waals surface area contributed by atoms with Crippen LogP contribution in [0.25, 0.3) is 11.6 Å². The number of imidazole rings is 1. The van der Waals surface area contributed by atoms with Gasteiger partial charge in [-0.1, -0.05) is 6.92 Å². The van der Waals surface area contributed by atoms with Crippen LogP contribution in [0.4, 0.5) is 0 Å². The Morgan fingerprint density at radius 1 is 1.35 bits per heavy atom. The Balaban J connectivity index is 2.39. The quantitative estimate of drug-likeness (QED) is 0.918. The summed E-state index contributed by atoms with van der Waals surface area (Å²) < 4.78 is 1.85. The summed E-state index contributed by atoms with van der Waals surface area (Å²) in [6.45, 7) is 5.45. The fourth-order valence-corrected chi connectivity index (χ4v) is 2.11. The van der Waals surface area contributed by atoms with Crippen molar-refractivity contribution in [3.05, 3.63) is 29.3 Å². The summed E-state index contributed by atoms with van der Waals surface area (Å²) in [7, 11) is 1.89. The molecule has 0 fully saturated rings. The number of hydrogen-bond donors (Lipinski definition) is 1. The molecule has 0 saturated carbocycles. The maximum atomic E-state index is 11.0. The zero-order valence-electron chi connectivity index (χ0n) is 12.1. The number of aryl methyl sites for hydroxylation is 3. The van der Waals surface area contributed by atoms with E-state index in [2.05, 4.69) is 15.0 Å². The largest absolute Gasteiger partial charge is 0.481 e. The highest BCUT2D eigenvalue weighted by molar-refractivity contribution is 5.70. The standard InChI is InChI=1S/C14H18N4O2/c1-8(14(19)20)7-11-9(2)16-12(17-10(11)3)13-15-5-6-18(13)4/h5-6,8H,7H2,1-4H3,(H,19,20). The molecule has 1 N–H and O–H groups in total. The molecule has 2 heterocycles. The van der Waals surface area contributed by atoms with Crippen molar-refractivity contribution in [1.29, 1.82) is 0 Å². The van der Waals surface area contributed by atoms with E-state index in [1.807, 2.05) is 31.7 Å². The summed E-state index contributed by atoms with van der Waals surface area (Å²) in [6.07, 6.45) is 3.97. The molecule has 1 unspecified atom stereocenters. The van der Waals surface area contributed by atoms with Gasteiger partial charge in [-0.05, 0) is 25.8 Å². The highest BCUT2D eigenvalue weighted by atomic mass is 16.4. The summed E-state index contributed by atoms with van der Waals surface area (Å²) in [4.78, 5) is 24.1. The van der Waals surface area contributed by atoms with Gasteiger partial charge in [0.15, 0.2) is 11.6 Å². The maximum Gasteiger partial charge on any atom is 0.306 e. The molecule has 1 atom stereocenters. The van der Waals surface area contributed by atoms with Crippen molar-refractivity contribution in [1.82, 2.24) is 19.5 Å². The minimum atomic E-state index is -0.808. The van der Waals surface area contributed by atoms with Crippen LogP contribution in [0.1, 0.15) is 23.9 Å². The molecule has 2 aromatic heterocycles. The van der Waals surface area contributed by atoms with E-state index >= 15 is 0 Å². The van der Waals surface area contributed by atoms with Crippen LogP contribution in [0.2, 0.25) is 0 Å². The molecule has 6 heteroatoms. The Hall–Kier alpha value is -2.24. The minimum Gasteiger partial charge on any atom is -0.481 e. The lowest BCUT2D eigenvalue weighted by Gasteiger charge is -2.12. The summed E-state index contributed by atoms with van der Waals surface area (Å²) >= 11 is 0. The van der Waals surface area contributed by atoms with Crippen molar-refractivity contribution in [2.24, 2.45) is 13.0 Å². The highest BCUT2D eigenvalue weighted by Gasteiger charge is 2.18. The Bertz CT molecular complexity index is 625. The van der Waals surface area contributed by atoms with Crippen molar-refractivity contribution in [3.8, 4) is 11.6 Å². The van der Waals surface area contributed by atoms with Gasteiger partial charge < -0.3 is 9.67 Å². The summed E-state index contributed by atoms with van der Waals surface area (Å²) in [6, 6.07) is 0. The van der Waals surface area contributed by atoms with Crippen LogP contribution in [0, 0.1) is 19.8 Å². The molecular formula is C14H18N4O2. The molecule has 2 rings (SSSR count).